The zero-order valence-corrected chi connectivity index (χ0v) is 13.5. The molecular formula is C14H21N7O. The number of carbonyl (C=O) groups is 1. The first-order valence-electron chi connectivity index (χ1n) is 6.97. The van der Waals surface area contributed by atoms with E-state index in [0.29, 0.717) is 29.3 Å². The number of H-pyrrole nitrogens is 1. The minimum absolute atomic E-state index is 0.359. The molecule has 0 aliphatic rings. The molecule has 3 aromatic heterocycles. The summed E-state index contributed by atoms with van der Waals surface area (Å²) in [4.78, 5) is 19.1. The number of hydrogen-bond acceptors (Lipinski definition) is 6. The molecule has 8 nitrogen and oxygen atoms in total. The van der Waals surface area contributed by atoms with Gasteiger partial charge in [0.2, 0.25) is 0 Å². The van der Waals surface area contributed by atoms with Gasteiger partial charge >= 0.3 is 0 Å². The third kappa shape index (κ3) is 3.95. The maximum absolute atomic E-state index is 10.6. The van der Waals surface area contributed by atoms with Crippen molar-refractivity contribution in [2.75, 3.05) is 14.1 Å². The van der Waals surface area contributed by atoms with E-state index in [0.717, 1.165) is 5.39 Å². The number of carbonyl (C=O) groups excluding carboxylic acids is 1. The fraction of sp³-hybridized carbons (Fsp3) is 0.357. The summed E-state index contributed by atoms with van der Waals surface area (Å²) in [6.07, 6.45) is 4.00. The first-order chi connectivity index (χ1) is 10.7. The Morgan fingerprint density at radius 1 is 1.27 bits per heavy atom. The smallest absolute Gasteiger partial charge is 0.170 e. The maximum atomic E-state index is 10.6. The summed E-state index contributed by atoms with van der Waals surface area (Å²) >= 11 is 0. The van der Waals surface area contributed by atoms with Crippen LogP contribution in [0.25, 0.3) is 16.9 Å². The number of fused-ring (bicyclic) bond motifs is 1. The molecule has 0 amide bonds. The molecule has 0 radical (unpaired) electrons. The number of nitrogens with one attached hydrogen (secondary N) is 2. The summed E-state index contributed by atoms with van der Waals surface area (Å²) in [5, 5.41) is 14.3. The molecule has 0 aliphatic carbocycles. The number of aryl methyl sites for hydroxylation is 1. The predicted octanol–water partition coefficient (Wildman–Crippen LogP) is 1.52. The summed E-state index contributed by atoms with van der Waals surface area (Å²) in [6, 6.07) is 1.62. The third-order valence-electron chi connectivity index (χ3n) is 2.35. The number of aromatic nitrogens is 6. The van der Waals surface area contributed by atoms with Crippen molar-refractivity contribution < 1.29 is 4.79 Å². The summed E-state index contributed by atoms with van der Waals surface area (Å²) < 4.78 is 1.54. The van der Waals surface area contributed by atoms with E-state index in [2.05, 4.69) is 30.6 Å². The van der Waals surface area contributed by atoms with E-state index >= 15 is 0 Å². The number of aromatic amines is 1. The number of hydrogen-bond donors (Lipinski definition) is 2. The second-order valence-corrected chi connectivity index (χ2v) is 4.03. The van der Waals surface area contributed by atoms with E-state index in [1.807, 2.05) is 27.9 Å². The van der Waals surface area contributed by atoms with Gasteiger partial charge in [-0.15, -0.1) is 0 Å². The van der Waals surface area contributed by atoms with Crippen molar-refractivity contribution >= 4 is 17.3 Å². The summed E-state index contributed by atoms with van der Waals surface area (Å²) in [5.41, 5.74) is 1.01. The molecule has 0 spiro atoms. The van der Waals surface area contributed by atoms with Gasteiger partial charge in [-0.3, -0.25) is 9.89 Å². The van der Waals surface area contributed by atoms with Gasteiger partial charge in [0.1, 0.15) is 11.5 Å². The molecule has 2 N–H and O–H groups in total. The molecule has 0 saturated carbocycles. The quantitative estimate of drug-likeness (QED) is 0.696. The predicted molar refractivity (Wildman–Crippen MR) is 85.3 cm³/mol. The lowest BCUT2D eigenvalue weighted by Gasteiger charge is -2.02. The fourth-order valence-corrected chi connectivity index (χ4v) is 1.62. The van der Waals surface area contributed by atoms with Crippen LogP contribution in [-0.4, -0.2) is 50.3 Å². The molecule has 0 fully saturated rings. The van der Waals surface area contributed by atoms with E-state index in [1.54, 1.807) is 25.4 Å². The first-order valence-corrected chi connectivity index (χ1v) is 6.97. The number of rotatable bonds is 2. The third-order valence-corrected chi connectivity index (χ3v) is 2.35. The molecule has 0 aliphatic heterocycles. The van der Waals surface area contributed by atoms with Gasteiger partial charge in [-0.25, -0.2) is 14.6 Å². The van der Waals surface area contributed by atoms with Crippen LogP contribution in [0, 0.1) is 6.92 Å². The standard InChI is InChI=1S/C10H8N6O.C2H7N.C2H6/c1-6-12-9-8(4-11-14-9)10(13-6)16-3-2-7(5-17)15-16;1-3-2;1-2/h2-5H,1H3,(H,11,12,13,14);3H,1-2H3;1-2H3. The van der Waals surface area contributed by atoms with E-state index in [9.17, 15) is 4.79 Å². The van der Waals surface area contributed by atoms with Crippen LogP contribution in [0.5, 0.6) is 0 Å². The highest BCUT2D eigenvalue weighted by Crippen LogP contribution is 2.16. The van der Waals surface area contributed by atoms with E-state index in [1.165, 1.54) is 4.68 Å². The van der Waals surface area contributed by atoms with Gasteiger partial charge in [-0.2, -0.15) is 10.2 Å². The molecule has 0 bridgehead atoms. The largest absolute Gasteiger partial charge is 0.323 e. The molecule has 0 aromatic carbocycles. The van der Waals surface area contributed by atoms with Crippen molar-refractivity contribution in [3.05, 3.63) is 30.0 Å². The van der Waals surface area contributed by atoms with Crippen LogP contribution in [0.1, 0.15) is 30.2 Å². The van der Waals surface area contributed by atoms with Gasteiger partial charge in [0.15, 0.2) is 17.8 Å². The zero-order chi connectivity index (χ0) is 16.5. The van der Waals surface area contributed by atoms with Crippen molar-refractivity contribution in [2.45, 2.75) is 20.8 Å². The van der Waals surface area contributed by atoms with Gasteiger partial charge in [-0.1, -0.05) is 13.8 Å². The lowest BCUT2D eigenvalue weighted by Crippen LogP contribution is -2.02. The van der Waals surface area contributed by atoms with Crippen LogP contribution in [-0.2, 0) is 0 Å². The van der Waals surface area contributed by atoms with Gasteiger partial charge in [0, 0.05) is 6.20 Å². The van der Waals surface area contributed by atoms with Crippen LogP contribution >= 0.6 is 0 Å². The van der Waals surface area contributed by atoms with Gasteiger partial charge in [0.25, 0.3) is 0 Å². The topological polar surface area (TPSA) is 101 Å². The first kappa shape index (κ1) is 17.4. The molecule has 118 valence electrons. The average molecular weight is 303 g/mol. The van der Waals surface area contributed by atoms with Crippen LogP contribution in [0.2, 0.25) is 0 Å². The molecule has 0 atom stereocenters. The fourth-order valence-electron chi connectivity index (χ4n) is 1.62. The second-order valence-electron chi connectivity index (χ2n) is 4.03. The molecule has 0 saturated heterocycles. The van der Waals surface area contributed by atoms with Crippen molar-refractivity contribution in [1.29, 1.82) is 0 Å². The lowest BCUT2D eigenvalue weighted by molar-refractivity contribution is 0.111. The van der Waals surface area contributed by atoms with Crippen molar-refractivity contribution in [3.8, 4) is 5.82 Å². The Morgan fingerprint density at radius 2 is 1.95 bits per heavy atom. The molecule has 3 aromatic rings. The Kier molecular flexibility index (Phi) is 6.84. The van der Waals surface area contributed by atoms with Crippen LogP contribution in [0.3, 0.4) is 0 Å². The Balaban J connectivity index is 0.000000435. The van der Waals surface area contributed by atoms with Crippen LogP contribution in [0.4, 0.5) is 0 Å². The number of aldehydes is 1. The van der Waals surface area contributed by atoms with E-state index in [-0.39, 0.29) is 0 Å². The minimum atomic E-state index is 0.359. The molecule has 0 unspecified atom stereocenters. The molecule has 3 rings (SSSR count). The molecule has 3 heterocycles. The highest BCUT2D eigenvalue weighted by molar-refractivity contribution is 5.81. The Hall–Kier alpha value is -2.61. The Labute approximate surface area is 129 Å². The molecule has 8 heteroatoms. The van der Waals surface area contributed by atoms with Crippen molar-refractivity contribution in [3.63, 3.8) is 0 Å². The Bertz CT molecular complexity index is 717. The van der Waals surface area contributed by atoms with E-state index < -0.39 is 0 Å². The molecular weight excluding hydrogens is 282 g/mol. The monoisotopic (exact) mass is 303 g/mol. The van der Waals surface area contributed by atoms with Crippen molar-refractivity contribution in [1.82, 2.24) is 35.3 Å². The van der Waals surface area contributed by atoms with Gasteiger partial charge in [0.05, 0.1) is 11.6 Å². The minimum Gasteiger partial charge on any atom is -0.323 e. The second kappa shape index (κ2) is 8.63. The van der Waals surface area contributed by atoms with Crippen molar-refractivity contribution in [2.24, 2.45) is 0 Å². The summed E-state index contributed by atoms with van der Waals surface area (Å²) in [6.45, 7) is 5.79. The zero-order valence-electron chi connectivity index (χ0n) is 13.5. The summed E-state index contributed by atoms with van der Waals surface area (Å²) in [7, 11) is 3.75. The highest BCUT2D eigenvalue weighted by atomic mass is 16.1. The van der Waals surface area contributed by atoms with Gasteiger partial charge < -0.3 is 5.32 Å². The average Bonchev–Trinajstić information content (AvgIpc) is 3.18. The highest BCUT2D eigenvalue weighted by Gasteiger charge is 2.10. The van der Waals surface area contributed by atoms with Gasteiger partial charge in [-0.05, 0) is 27.1 Å². The number of nitrogens with zero attached hydrogens (tertiary/aromatic N) is 5. The van der Waals surface area contributed by atoms with Crippen LogP contribution in [0.15, 0.2) is 18.5 Å². The van der Waals surface area contributed by atoms with Crippen LogP contribution < -0.4 is 5.32 Å². The van der Waals surface area contributed by atoms with E-state index in [4.69, 9.17) is 0 Å². The normalized spacial score (nSPS) is 9.50. The molecule has 22 heavy (non-hydrogen) atoms. The lowest BCUT2D eigenvalue weighted by atomic mass is 10.4. The maximum Gasteiger partial charge on any atom is 0.170 e. The summed E-state index contributed by atoms with van der Waals surface area (Å²) in [5.74, 6) is 1.22. The SMILES string of the molecule is CC.CNC.Cc1nc(-n2ccc(C=O)n2)c2cn[nH]c2n1. The Morgan fingerprint density at radius 3 is 2.55 bits per heavy atom.